The van der Waals surface area contributed by atoms with Gasteiger partial charge in [-0.15, -0.1) is 0 Å². The van der Waals surface area contributed by atoms with E-state index in [2.05, 4.69) is 18.8 Å². The predicted octanol–water partition coefficient (Wildman–Crippen LogP) is 2.66. The maximum atomic E-state index is 4.87. The SMILES string of the molecule is C=C(NCCCCCCC)OC. The fourth-order valence-corrected chi connectivity index (χ4v) is 1.03. The van der Waals surface area contributed by atoms with Gasteiger partial charge in [-0.05, 0) is 13.0 Å². The molecule has 0 aromatic heterocycles. The second kappa shape index (κ2) is 8.44. The summed E-state index contributed by atoms with van der Waals surface area (Å²) in [6, 6.07) is 0. The number of ether oxygens (including phenoxy) is 1. The predicted molar refractivity (Wildman–Crippen MR) is 52.9 cm³/mol. The molecule has 2 heteroatoms. The van der Waals surface area contributed by atoms with E-state index in [0.717, 1.165) is 6.54 Å². The Morgan fingerprint density at radius 3 is 2.50 bits per heavy atom. The van der Waals surface area contributed by atoms with Crippen molar-refractivity contribution < 1.29 is 4.74 Å². The molecule has 72 valence electrons. The number of hydrogen-bond donors (Lipinski definition) is 1. The zero-order valence-corrected chi connectivity index (χ0v) is 8.36. The Kier molecular flexibility index (Phi) is 7.97. The fraction of sp³-hybridized carbons (Fsp3) is 0.800. The number of rotatable bonds is 8. The molecule has 2 nitrogen and oxygen atoms in total. The molecule has 0 saturated carbocycles. The van der Waals surface area contributed by atoms with Crippen molar-refractivity contribution >= 4 is 0 Å². The third-order valence-electron chi connectivity index (χ3n) is 1.85. The van der Waals surface area contributed by atoms with Crippen molar-refractivity contribution in [2.75, 3.05) is 13.7 Å². The van der Waals surface area contributed by atoms with Crippen molar-refractivity contribution in [1.82, 2.24) is 5.32 Å². The van der Waals surface area contributed by atoms with Gasteiger partial charge >= 0.3 is 0 Å². The summed E-state index contributed by atoms with van der Waals surface area (Å²) in [5, 5.41) is 3.09. The molecule has 0 amide bonds. The molecule has 0 radical (unpaired) electrons. The molecular formula is C10H21NO. The Morgan fingerprint density at radius 2 is 1.92 bits per heavy atom. The minimum atomic E-state index is 0.672. The first-order valence-corrected chi connectivity index (χ1v) is 4.78. The Morgan fingerprint density at radius 1 is 1.25 bits per heavy atom. The van der Waals surface area contributed by atoms with Crippen molar-refractivity contribution in [2.45, 2.75) is 39.0 Å². The van der Waals surface area contributed by atoms with Crippen molar-refractivity contribution in [3.05, 3.63) is 12.5 Å². The van der Waals surface area contributed by atoms with Crippen molar-refractivity contribution in [1.29, 1.82) is 0 Å². The smallest absolute Gasteiger partial charge is 0.178 e. The highest BCUT2D eigenvalue weighted by atomic mass is 16.5. The number of hydrogen-bond acceptors (Lipinski definition) is 2. The zero-order valence-electron chi connectivity index (χ0n) is 8.36. The van der Waals surface area contributed by atoms with E-state index >= 15 is 0 Å². The molecule has 12 heavy (non-hydrogen) atoms. The third-order valence-corrected chi connectivity index (χ3v) is 1.85. The van der Waals surface area contributed by atoms with E-state index < -0.39 is 0 Å². The van der Waals surface area contributed by atoms with Gasteiger partial charge in [0.15, 0.2) is 5.88 Å². The normalized spacial score (nSPS) is 9.50. The van der Waals surface area contributed by atoms with Gasteiger partial charge in [0.25, 0.3) is 0 Å². The molecule has 0 aromatic carbocycles. The quantitative estimate of drug-likeness (QED) is 0.448. The van der Waals surface area contributed by atoms with Crippen molar-refractivity contribution in [2.24, 2.45) is 0 Å². The maximum absolute atomic E-state index is 4.87. The highest BCUT2D eigenvalue weighted by Gasteiger charge is 1.90. The van der Waals surface area contributed by atoms with Gasteiger partial charge in [-0.2, -0.15) is 0 Å². The third kappa shape index (κ3) is 7.45. The van der Waals surface area contributed by atoms with Crippen LogP contribution in [-0.2, 0) is 4.74 Å². The number of methoxy groups -OCH3 is 1. The van der Waals surface area contributed by atoms with Gasteiger partial charge in [0.1, 0.15) is 0 Å². The second-order valence-corrected chi connectivity index (χ2v) is 2.97. The summed E-state index contributed by atoms with van der Waals surface area (Å²) in [7, 11) is 1.63. The van der Waals surface area contributed by atoms with Crippen LogP contribution < -0.4 is 5.32 Å². The van der Waals surface area contributed by atoms with Crippen molar-refractivity contribution in [3.63, 3.8) is 0 Å². The van der Waals surface area contributed by atoms with E-state index in [1.54, 1.807) is 7.11 Å². The van der Waals surface area contributed by atoms with E-state index in [9.17, 15) is 0 Å². The first-order valence-electron chi connectivity index (χ1n) is 4.78. The standard InChI is InChI=1S/C10H21NO/c1-4-5-6-7-8-9-11-10(2)12-3/h11H,2,4-9H2,1,3H3. The van der Waals surface area contributed by atoms with Crippen LogP contribution in [0.4, 0.5) is 0 Å². The lowest BCUT2D eigenvalue weighted by Gasteiger charge is -2.06. The lowest BCUT2D eigenvalue weighted by atomic mass is 10.1. The van der Waals surface area contributed by atoms with Gasteiger partial charge < -0.3 is 10.1 Å². The number of nitrogens with one attached hydrogen (secondary N) is 1. The van der Waals surface area contributed by atoms with Crippen LogP contribution in [0.25, 0.3) is 0 Å². The molecule has 0 fully saturated rings. The molecule has 0 aliphatic heterocycles. The molecule has 0 bridgehead atoms. The summed E-state index contributed by atoms with van der Waals surface area (Å²) in [5.74, 6) is 0.672. The number of unbranched alkanes of at least 4 members (excludes halogenated alkanes) is 4. The summed E-state index contributed by atoms with van der Waals surface area (Å²) < 4.78 is 4.87. The molecule has 1 N–H and O–H groups in total. The lowest BCUT2D eigenvalue weighted by Crippen LogP contribution is -2.14. The molecule has 0 aromatic rings. The van der Waals surface area contributed by atoms with Crippen LogP contribution in [0.1, 0.15) is 39.0 Å². The monoisotopic (exact) mass is 171 g/mol. The first kappa shape index (κ1) is 11.3. The van der Waals surface area contributed by atoms with Crippen LogP contribution in [0.2, 0.25) is 0 Å². The Bertz CT molecular complexity index is 112. The Balaban J connectivity index is 2.95. The summed E-state index contributed by atoms with van der Waals surface area (Å²) in [4.78, 5) is 0. The van der Waals surface area contributed by atoms with E-state index in [4.69, 9.17) is 4.74 Å². The van der Waals surface area contributed by atoms with E-state index in [0.29, 0.717) is 5.88 Å². The van der Waals surface area contributed by atoms with Crippen LogP contribution in [0, 0.1) is 0 Å². The molecule has 0 saturated heterocycles. The van der Waals surface area contributed by atoms with Gasteiger partial charge in [0, 0.05) is 6.54 Å². The molecular weight excluding hydrogens is 150 g/mol. The summed E-state index contributed by atoms with van der Waals surface area (Å²) in [6.45, 7) is 6.88. The summed E-state index contributed by atoms with van der Waals surface area (Å²) in [5.41, 5.74) is 0. The molecule has 0 spiro atoms. The maximum Gasteiger partial charge on any atom is 0.178 e. The van der Waals surface area contributed by atoms with Crippen LogP contribution >= 0.6 is 0 Å². The van der Waals surface area contributed by atoms with Crippen LogP contribution in [0.15, 0.2) is 12.5 Å². The minimum Gasteiger partial charge on any atom is -0.483 e. The highest BCUT2D eigenvalue weighted by molar-refractivity contribution is 4.76. The van der Waals surface area contributed by atoms with Gasteiger partial charge in [-0.1, -0.05) is 32.6 Å². The summed E-state index contributed by atoms with van der Waals surface area (Å²) >= 11 is 0. The molecule has 0 aliphatic carbocycles. The van der Waals surface area contributed by atoms with Gasteiger partial charge in [0.05, 0.1) is 7.11 Å². The van der Waals surface area contributed by atoms with Gasteiger partial charge in [0.2, 0.25) is 0 Å². The largest absolute Gasteiger partial charge is 0.483 e. The average Bonchev–Trinajstić information content (AvgIpc) is 2.10. The topological polar surface area (TPSA) is 21.3 Å². The zero-order chi connectivity index (χ0) is 9.23. The average molecular weight is 171 g/mol. The van der Waals surface area contributed by atoms with Gasteiger partial charge in [-0.25, -0.2) is 0 Å². The molecule has 0 unspecified atom stereocenters. The molecule has 0 rings (SSSR count). The molecule has 0 atom stereocenters. The Labute approximate surface area is 76.0 Å². The first-order chi connectivity index (χ1) is 5.81. The van der Waals surface area contributed by atoms with Gasteiger partial charge in [-0.3, -0.25) is 0 Å². The highest BCUT2D eigenvalue weighted by Crippen LogP contribution is 2.01. The van der Waals surface area contributed by atoms with Crippen LogP contribution in [-0.4, -0.2) is 13.7 Å². The van der Waals surface area contributed by atoms with Crippen LogP contribution in [0.5, 0.6) is 0 Å². The Hall–Kier alpha value is -0.660. The lowest BCUT2D eigenvalue weighted by molar-refractivity contribution is 0.263. The second-order valence-electron chi connectivity index (χ2n) is 2.97. The fourth-order valence-electron chi connectivity index (χ4n) is 1.03. The van der Waals surface area contributed by atoms with Crippen LogP contribution in [0.3, 0.4) is 0 Å². The summed E-state index contributed by atoms with van der Waals surface area (Å²) in [6.07, 6.45) is 6.52. The van der Waals surface area contributed by atoms with E-state index in [1.807, 2.05) is 0 Å². The minimum absolute atomic E-state index is 0.672. The molecule has 0 aliphatic rings. The van der Waals surface area contributed by atoms with Crippen molar-refractivity contribution in [3.8, 4) is 0 Å². The van der Waals surface area contributed by atoms with E-state index in [-0.39, 0.29) is 0 Å². The van der Waals surface area contributed by atoms with E-state index in [1.165, 1.54) is 32.1 Å². The molecule has 0 heterocycles.